The number of nitrogens with zero attached hydrogens (tertiary/aromatic N) is 1. The summed E-state index contributed by atoms with van der Waals surface area (Å²) in [6, 6.07) is 5.14. The zero-order chi connectivity index (χ0) is 21.8. The molecule has 1 heterocycles. The predicted octanol–water partition coefficient (Wildman–Crippen LogP) is 2.20. The highest BCUT2D eigenvalue weighted by molar-refractivity contribution is 5.99. The van der Waals surface area contributed by atoms with Gasteiger partial charge in [0.1, 0.15) is 5.56 Å². The molecule has 1 amide bonds. The minimum atomic E-state index is -0.898. The van der Waals surface area contributed by atoms with Crippen molar-refractivity contribution in [3.05, 3.63) is 45.2 Å². The molecule has 0 bridgehead atoms. The van der Waals surface area contributed by atoms with Crippen molar-refractivity contribution in [3.63, 3.8) is 0 Å². The van der Waals surface area contributed by atoms with Gasteiger partial charge in [-0.1, -0.05) is 31.9 Å². The lowest BCUT2D eigenvalue weighted by atomic mass is 9.91. The summed E-state index contributed by atoms with van der Waals surface area (Å²) in [4.78, 5) is 43.5. The van der Waals surface area contributed by atoms with Crippen LogP contribution in [0.1, 0.15) is 65.3 Å². The molecule has 9 nitrogen and oxygen atoms in total. The molecule has 1 aromatic carbocycles. The Labute approximate surface area is 174 Å². The number of primary amides is 1. The van der Waals surface area contributed by atoms with E-state index in [2.05, 4.69) is 20.6 Å². The number of aromatic nitrogens is 2. The first-order chi connectivity index (χ1) is 14.3. The Morgan fingerprint density at radius 1 is 1.27 bits per heavy atom. The predicted molar refractivity (Wildman–Crippen MR) is 116 cm³/mol. The lowest BCUT2D eigenvalue weighted by Crippen LogP contribution is -2.43. The second-order valence-corrected chi connectivity index (χ2v) is 7.63. The maximum Gasteiger partial charge on any atom is 0.267 e. The third kappa shape index (κ3) is 4.68. The smallest absolute Gasteiger partial charge is 0.267 e. The molecule has 160 valence electrons. The molecule has 9 heteroatoms. The molecule has 1 aliphatic carbocycles. The molecule has 2 aromatic rings. The van der Waals surface area contributed by atoms with Crippen molar-refractivity contribution in [1.29, 1.82) is 0 Å². The van der Waals surface area contributed by atoms with E-state index in [-0.39, 0.29) is 35.2 Å². The Hall–Kier alpha value is -3.20. The van der Waals surface area contributed by atoms with Gasteiger partial charge in [0, 0.05) is 29.8 Å². The van der Waals surface area contributed by atoms with Gasteiger partial charge in [0.05, 0.1) is 0 Å². The van der Waals surface area contributed by atoms with Gasteiger partial charge >= 0.3 is 0 Å². The molecule has 30 heavy (non-hydrogen) atoms. The van der Waals surface area contributed by atoms with Gasteiger partial charge in [0.25, 0.3) is 11.5 Å². The van der Waals surface area contributed by atoms with Gasteiger partial charge in [0.15, 0.2) is 11.6 Å². The van der Waals surface area contributed by atoms with Crippen LogP contribution < -0.4 is 27.7 Å². The van der Waals surface area contributed by atoms with Gasteiger partial charge in [-0.3, -0.25) is 19.4 Å². The number of anilines is 3. The fourth-order valence-corrected chi connectivity index (χ4v) is 3.64. The number of hydrogen-bond acceptors (Lipinski definition) is 7. The van der Waals surface area contributed by atoms with Gasteiger partial charge in [-0.2, -0.15) is 4.98 Å². The molecule has 0 aliphatic heterocycles. The number of nitrogens with one attached hydrogen (secondary N) is 3. The van der Waals surface area contributed by atoms with Gasteiger partial charge in [-0.15, -0.1) is 0 Å². The van der Waals surface area contributed by atoms with Gasteiger partial charge in [-0.05, 0) is 31.4 Å². The van der Waals surface area contributed by atoms with Gasteiger partial charge in [0.2, 0.25) is 5.95 Å². The van der Waals surface area contributed by atoms with Crippen molar-refractivity contribution in [2.45, 2.75) is 58.0 Å². The molecule has 2 atom stereocenters. The van der Waals surface area contributed by atoms with Crippen LogP contribution in [0.25, 0.3) is 0 Å². The number of benzene rings is 1. The topological polar surface area (TPSA) is 156 Å². The Bertz CT molecular complexity index is 1020. The summed E-state index contributed by atoms with van der Waals surface area (Å²) in [5.41, 5.74) is 12.6. The second-order valence-electron chi connectivity index (χ2n) is 7.63. The fourth-order valence-electron chi connectivity index (χ4n) is 3.64. The molecule has 1 fully saturated rings. The summed E-state index contributed by atoms with van der Waals surface area (Å²) in [6.45, 7) is 3.63. The van der Waals surface area contributed by atoms with Crippen LogP contribution in [0, 0.1) is 6.92 Å². The number of ketones is 1. The number of carbonyl (C=O) groups is 2. The first-order valence-electron chi connectivity index (χ1n) is 10.2. The number of hydrogen-bond donors (Lipinski definition) is 5. The SMILES string of the molecule is CCC(=O)c1ccc(C)c(Nc2nc(N[C@H]3CCCC[C@@H]3N)[nH]c(=O)c2C(N)=O)c1. The van der Waals surface area contributed by atoms with E-state index >= 15 is 0 Å². The third-order valence-electron chi connectivity index (χ3n) is 5.44. The molecule has 7 N–H and O–H groups in total. The van der Waals surface area contributed by atoms with E-state index in [1.807, 2.05) is 6.92 Å². The zero-order valence-corrected chi connectivity index (χ0v) is 17.2. The number of rotatable bonds is 7. The Morgan fingerprint density at radius 3 is 2.67 bits per heavy atom. The van der Waals surface area contributed by atoms with Gasteiger partial charge < -0.3 is 22.1 Å². The van der Waals surface area contributed by atoms with E-state index in [4.69, 9.17) is 11.5 Å². The number of aryl methyl sites for hydroxylation is 1. The number of nitrogens with two attached hydrogens (primary N) is 2. The van der Waals surface area contributed by atoms with E-state index in [1.165, 1.54) is 0 Å². The van der Waals surface area contributed by atoms with Crippen LogP contribution in [0.5, 0.6) is 0 Å². The van der Waals surface area contributed by atoms with Crippen LogP contribution in [-0.2, 0) is 0 Å². The minimum absolute atomic E-state index is 0.0133. The summed E-state index contributed by atoms with van der Waals surface area (Å²) in [7, 11) is 0. The second kappa shape index (κ2) is 9.08. The molecule has 1 saturated carbocycles. The first-order valence-corrected chi connectivity index (χ1v) is 10.2. The summed E-state index contributed by atoms with van der Waals surface area (Å²) < 4.78 is 0. The summed E-state index contributed by atoms with van der Waals surface area (Å²) in [5.74, 6) is -0.665. The average molecular weight is 412 g/mol. The van der Waals surface area contributed by atoms with Crippen LogP contribution >= 0.6 is 0 Å². The van der Waals surface area contributed by atoms with Crippen LogP contribution in [0.2, 0.25) is 0 Å². The van der Waals surface area contributed by atoms with Crippen molar-refractivity contribution in [3.8, 4) is 0 Å². The molecule has 0 spiro atoms. The molecule has 0 unspecified atom stereocenters. The maximum atomic E-state index is 12.6. The molecule has 1 aromatic heterocycles. The van der Waals surface area contributed by atoms with Crippen LogP contribution in [0.4, 0.5) is 17.5 Å². The molecular weight excluding hydrogens is 384 g/mol. The third-order valence-corrected chi connectivity index (χ3v) is 5.44. The molecule has 0 saturated heterocycles. The monoisotopic (exact) mass is 412 g/mol. The van der Waals surface area contributed by atoms with Crippen molar-refractivity contribution in [2.75, 3.05) is 10.6 Å². The average Bonchev–Trinajstić information content (AvgIpc) is 2.70. The van der Waals surface area contributed by atoms with E-state index < -0.39 is 11.5 Å². The van der Waals surface area contributed by atoms with Crippen molar-refractivity contribution >= 4 is 29.1 Å². The lowest BCUT2D eigenvalue weighted by Gasteiger charge is -2.29. The van der Waals surface area contributed by atoms with E-state index in [0.29, 0.717) is 17.7 Å². The summed E-state index contributed by atoms with van der Waals surface area (Å²) in [6.07, 6.45) is 4.24. The maximum absolute atomic E-state index is 12.6. The fraction of sp³-hybridized carbons (Fsp3) is 0.429. The standard InChI is InChI=1S/C21H28N6O3/c1-3-16(28)12-9-8-11(2)15(10-12)24-19-17(18(23)29)20(30)27-21(26-19)25-14-7-5-4-6-13(14)22/h8-10,13-14H,3-7,22H2,1-2H3,(H2,23,29)(H3,24,25,26,27,30)/t13-,14-/m0/s1. The highest BCUT2D eigenvalue weighted by Crippen LogP contribution is 2.24. The van der Waals surface area contributed by atoms with Gasteiger partial charge in [-0.25, -0.2) is 0 Å². The van der Waals surface area contributed by atoms with Crippen LogP contribution in [-0.4, -0.2) is 33.7 Å². The zero-order valence-electron chi connectivity index (χ0n) is 17.2. The largest absolute Gasteiger partial charge is 0.365 e. The molecular formula is C21H28N6O3. The Kier molecular flexibility index (Phi) is 6.51. The highest BCUT2D eigenvalue weighted by Gasteiger charge is 2.24. The Balaban J connectivity index is 1.98. The number of H-pyrrole nitrogens is 1. The quantitative estimate of drug-likeness (QED) is 0.436. The minimum Gasteiger partial charge on any atom is -0.365 e. The van der Waals surface area contributed by atoms with Crippen molar-refractivity contribution in [2.24, 2.45) is 11.5 Å². The highest BCUT2D eigenvalue weighted by atomic mass is 16.2. The normalized spacial score (nSPS) is 18.6. The van der Waals surface area contributed by atoms with Crippen LogP contribution in [0.15, 0.2) is 23.0 Å². The number of Topliss-reactive ketones (excluding diaryl/α,β-unsaturated/α-hetero) is 1. The van der Waals surface area contributed by atoms with Crippen molar-refractivity contribution in [1.82, 2.24) is 9.97 Å². The number of amides is 1. The van der Waals surface area contributed by atoms with E-state index in [0.717, 1.165) is 31.2 Å². The number of carbonyl (C=O) groups excluding carboxylic acids is 2. The van der Waals surface area contributed by atoms with Crippen molar-refractivity contribution < 1.29 is 9.59 Å². The summed E-state index contributed by atoms with van der Waals surface area (Å²) >= 11 is 0. The lowest BCUT2D eigenvalue weighted by molar-refractivity contribution is 0.0983. The number of aromatic amines is 1. The first kappa shape index (κ1) is 21.5. The van der Waals surface area contributed by atoms with Crippen LogP contribution in [0.3, 0.4) is 0 Å². The van der Waals surface area contributed by atoms with E-state index in [9.17, 15) is 14.4 Å². The molecule has 1 aliphatic rings. The Morgan fingerprint density at radius 2 is 2.00 bits per heavy atom. The summed E-state index contributed by atoms with van der Waals surface area (Å²) in [5, 5.41) is 6.20. The van der Waals surface area contributed by atoms with E-state index in [1.54, 1.807) is 25.1 Å². The molecule has 3 rings (SSSR count). The molecule has 0 radical (unpaired) electrons.